The number of aryl methyl sites for hydroxylation is 2. The zero-order valence-electron chi connectivity index (χ0n) is 18.8. The first-order chi connectivity index (χ1) is 16.6. The monoisotopic (exact) mass is 440 g/mol. The van der Waals surface area contributed by atoms with Crippen LogP contribution in [0.4, 0.5) is 0 Å². The van der Waals surface area contributed by atoms with Crippen LogP contribution >= 0.6 is 0 Å². The summed E-state index contributed by atoms with van der Waals surface area (Å²) in [5, 5.41) is 4.18. The van der Waals surface area contributed by atoms with Crippen LogP contribution in [-0.2, 0) is 0 Å². The van der Waals surface area contributed by atoms with Gasteiger partial charge in [-0.1, -0.05) is 18.2 Å². The lowest BCUT2D eigenvalue weighted by atomic mass is 9.99. The maximum atomic E-state index is 6.52. The Balaban J connectivity index is 1.60. The third-order valence-electron chi connectivity index (χ3n) is 6.47. The van der Waals surface area contributed by atoms with E-state index in [1.54, 1.807) is 0 Å². The van der Waals surface area contributed by atoms with Gasteiger partial charge in [0.2, 0.25) is 0 Å². The molecule has 0 radical (unpaired) electrons. The molecule has 7 rings (SSSR count). The predicted octanol–water partition coefficient (Wildman–Crippen LogP) is 8.23. The van der Waals surface area contributed by atoms with Gasteiger partial charge in [-0.3, -0.25) is 9.97 Å². The van der Waals surface area contributed by atoms with Crippen LogP contribution in [0.5, 0.6) is 0 Å². The molecule has 7 aromatic rings. The Morgan fingerprint density at radius 1 is 0.559 bits per heavy atom. The van der Waals surface area contributed by atoms with Crippen molar-refractivity contribution in [3.05, 3.63) is 96.3 Å². The Kier molecular flexibility index (Phi) is 3.94. The maximum Gasteiger partial charge on any atom is 0.144 e. The zero-order valence-corrected chi connectivity index (χ0v) is 18.8. The maximum absolute atomic E-state index is 6.52. The molecule has 0 aliphatic carbocycles. The fourth-order valence-corrected chi connectivity index (χ4v) is 4.81. The first-order valence-corrected chi connectivity index (χ1v) is 11.3. The van der Waals surface area contributed by atoms with E-state index in [0.29, 0.717) is 0 Å². The molecule has 0 N–H and O–H groups in total. The van der Waals surface area contributed by atoms with Crippen LogP contribution in [0.15, 0.2) is 94.0 Å². The van der Waals surface area contributed by atoms with Gasteiger partial charge >= 0.3 is 0 Å². The topological polar surface area (TPSA) is 52.1 Å². The third kappa shape index (κ3) is 2.85. The molecule has 0 saturated carbocycles. The van der Waals surface area contributed by atoms with Gasteiger partial charge in [-0.15, -0.1) is 0 Å². The van der Waals surface area contributed by atoms with E-state index in [9.17, 15) is 0 Å². The van der Waals surface area contributed by atoms with Gasteiger partial charge in [-0.05, 0) is 79.6 Å². The van der Waals surface area contributed by atoms with Crippen LogP contribution < -0.4 is 0 Å². The van der Waals surface area contributed by atoms with Crippen molar-refractivity contribution >= 4 is 43.9 Å². The number of benzene rings is 3. The lowest BCUT2D eigenvalue weighted by Crippen LogP contribution is -1.89. The van der Waals surface area contributed by atoms with Crippen LogP contribution in [0, 0.1) is 13.8 Å². The molecule has 0 bridgehead atoms. The second kappa shape index (κ2) is 7.03. The van der Waals surface area contributed by atoms with Crippen LogP contribution in [0.1, 0.15) is 11.1 Å². The molecule has 3 aromatic carbocycles. The normalized spacial score (nSPS) is 11.8. The molecule has 0 aliphatic rings. The van der Waals surface area contributed by atoms with Crippen LogP contribution in [0.2, 0.25) is 0 Å². The number of nitrogens with zero attached hydrogens (tertiary/aromatic N) is 2. The van der Waals surface area contributed by atoms with E-state index in [2.05, 4.69) is 66.3 Å². The summed E-state index contributed by atoms with van der Waals surface area (Å²) in [6.07, 6.45) is 3.70. The molecule has 0 fully saturated rings. The molecule has 0 atom stereocenters. The number of rotatable bonds is 2. The molecule has 0 spiro atoms. The number of pyridine rings is 2. The van der Waals surface area contributed by atoms with Crippen LogP contribution in [0.25, 0.3) is 66.4 Å². The molecular weight excluding hydrogens is 420 g/mol. The average Bonchev–Trinajstić information content (AvgIpc) is 3.39. The highest BCUT2D eigenvalue weighted by Crippen LogP contribution is 2.41. The van der Waals surface area contributed by atoms with Crippen molar-refractivity contribution in [3.63, 3.8) is 0 Å². The predicted molar refractivity (Wildman–Crippen MR) is 137 cm³/mol. The third-order valence-corrected chi connectivity index (χ3v) is 6.47. The SMILES string of the molecule is Cc1ccnc(-c2cc(-c3cc(C)ccn3)c3oc4cc5c(cc4c3c2)oc2ccccc25)c1. The van der Waals surface area contributed by atoms with Crippen molar-refractivity contribution in [2.24, 2.45) is 0 Å². The first-order valence-electron chi connectivity index (χ1n) is 11.3. The van der Waals surface area contributed by atoms with E-state index >= 15 is 0 Å². The molecule has 0 unspecified atom stereocenters. The van der Waals surface area contributed by atoms with Crippen LogP contribution in [-0.4, -0.2) is 9.97 Å². The molecule has 4 aromatic heterocycles. The number of fused-ring (bicyclic) bond motifs is 6. The number of aromatic nitrogens is 2. The molecule has 0 amide bonds. The van der Waals surface area contributed by atoms with Gasteiger partial charge in [-0.2, -0.15) is 0 Å². The standard InChI is InChI=1S/C30H20N2O2/c1-17-7-9-31-25(11-17)19-13-23-22-16-28-21(20-5-3-4-6-27(20)33-28)15-29(22)34-30(23)24(14-19)26-12-18(2)8-10-32-26/h3-16H,1-2H3. The smallest absolute Gasteiger partial charge is 0.144 e. The molecular formula is C30H20N2O2. The number of hydrogen-bond donors (Lipinski definition) is 0. The fourth-order valence-electron chi connectivity index (χ4n) is 4.81. The first kappa shape index (κ1) is 19.1. The molecule has 0 aliphatic heterocycles. The number of furan rings is 2. The highest BCUT2D eigenvalue weighted by molar-refractivity contribution is 6.17. The summed E-state index contributed by atoms with van der Waals surface area (Å²) in [5.41, 5.74) is 9.49. The number of hydrogen-bond acceptors (Lipinski definition) is 4. The van der Waals surface area contributed by atoms with E-state index < -0.39 is 0 Å². The summed E-state index contributed by atoms with van der Waals surface area (Å²) >= 11 is 0. The van der Waals surface area contributed by atoms with Crippen molar-refractivity contribution in [1.82, 2.24) is 9.97 Å². The van der Waals surface area contributed by atoms with Crippen molar-refractivity contribution in [2.45, 2.75) is 13.8 Å². The van der Waals surface area contributed by atoms with E-state index in [-0.39, 0.29) is 0 Å². The fraction of sp³-hybridized carbons (Fsp3) is 0.0667. The Bertz CT molecular complexity index is 1890. The molecule has 4 nitrogen and oxygen atoms in total. The summed E-state index contributed by atoms with van der Waals surface area (Å²) in [6.45, 7) is 4.16. The molecule has 162 valence electrons. The second-order valence-electron chi connectivity index (χ2n) is 8.88. The Hall–Kier alpha value is -4.44. The molecule has 34 heavy (non-hydrogen) atoms. The lowest BCUT2D eigenvalue weighted by Gasteiger charge is -2.08. The summed E-state index contributed by atoms with van der Waals surface area (Å²) < 4.78 is 12.7. The Morgan fingerprint density at radius 3 is 2.03 bits per heavy atom. The average molecular weight is 441 g/mol. The van der Waals surface area contributed by atoms with Gasteiger partial charge in [0.25, 0.3) is 0 Å². The van der Waals surface area contributed by atoms with E-state index in [4.69, 9.17) is 8.83 Å². The van der Waals surface area contributed by atoms with Gasteiger partial charge in [0, 0.05) is 45.1 Å². The minimum atomic E-state index is 0.821. The summed E-state index contributed by atoms with van der Waals surface area (Å²) in [4.78, 5) is 9.31. The van der Waals surface area contributed by atoms with Gasteiger partial charge in [0.1, 0.15) is 22.3 Å². The van der Waals surface area contributed by atoms with Gasteiger partial charge < -0.3 is 8.83 Å². The second-order valence-corrected chi connectivity index (χ2v) is 8.88. The van der Waals surface area contributed by atoms with Gasteiger partial charge in [-0.25, -0.2) is 0 Å². The minimum Gasteiger partial charge on any atom is -0.456 e. The van der Waals surface area contributed by atoms with E-state index in [1.807, 2.05) is 42.7 Å². The highest BCUT2D eigenvalue weighted by Gasteiger charge is 2.18. The summed E-state index contributed by atoms with van der Waals surface area (Å²) in [6, 6.07) is 24.8. The summed E-state index contributed by atoms with van der Waals surface area (Å²) in [5.74, 6) is 0. The largest absolute Gasteiger partial charge is 0.456 e. The quantitative estimate of drug-likeness (QED) is 0.272. The van der Waals surface area contributed by atoms with Crippen molar-refractivity contribution in [2.75, 3.05) is 0 Å². The molecule has 0 saturated heterocycles. The summed E-state index contributed by atoms with van der Waals surface area (Å²) in [7, 11) is 0. The minimum absolute atomic E-state index is 0.821. The van der Waals surface area contributed by atoms with E-state index in [1.165, 1.54) is 5.56 Å². The molecule has 4 heterocycles. The number of para-hydroxylation sites is 1. The van der Waals surface area contributed by atoms with Crippen LogP contribution in [0.3, 0.4) is 0 Å². The lowest BCUT2D eigenvalue weighted by molar-refractivity contribution is 0.664. The van der Waals surface area contributed by atoms with Crippen molar-refractivity contribution in [3.8, 4) is 22.5 Å². The van der Waals surface area contributed by atoms with E-state index in [0.717, 1.165) is 72.0 Å². The molecule has 4 heteroatoms. The Labute approximate surface area is 195 Å². The Morgan fingerprint density at radius 2 is 1.24 bits per heavy atom. The van der Waals surface area contributed by atoms with Crippen molar-refractivity contribution in [1.29, 1.82) is 0 Å². The van der Waals surface area contributed by atoms with Gasteiger partial charge in [0.15, 0.2) is 0 Å². The van der Waals surface area contributed by atoms with Gasteiger partial charge in [0.05, 0.1) is 11.4 Å². The van der Waals surface area contributed by atoms with Crippen molar-refractivity contribution < 1.29 is 8.83 Å². The highest BCUT2D eigenvalue weighted by atomic mass is 16.3. The zero-order chi connectivity index (χ0) is 22.8.